The molecule has 1 aromatic carbocycles. The van der Waals surface area contributed by atoms with Gasteiger partial charge in [0.1, 0.15) is 0 Å². The molecule has 0 heterocycles. The Balaban J connectivity index is 2.21. The average Bonchev–Trinajstić information content (AvgIpc) is 2.30. The van der Waals surface area contributed by atoms with Crippen molar-refractivity contribution in [3.63, 3.8) is 0 Å². The quantitative estimate of drug-likeness (QED) is 0.582. The number of benzene rings is 1. The lowest BCUT2D eigenvalue weighted by Gasteiger charge is -2.26. The summed E-state index contributed by atoms with van der Waals surface area (Å²) in [6.07, 6.45) is 8.37. The number of carbonyl (C=O) groups is 1. The van der Waals surface area contributed by atoms with E-state index in [0.717, 1.165) is 18.4 Å². The van der Waals surface area contributed by atoms with E-state index in [1.807, 2.05) is 24.3 Å². The average molecular weight is 196 g/mol. The molecule has 0 spiro atoms. The van der Waals surface area contributed by atoms with Crippen LogP contribution in [0.25, 0.3) is 0 Å². The molecule has 1 nitrogen and oxygen atoms in total. The van der Waals surface area contributed by atoms with Gasteiger partial charge in [-0.1, -0.05) is 42.0 Å². The molecule has 2 aliphatic rings. The van der Waals surface area contributed by atoms with Crippen molar-refractivity contribution < 1.29 is 4.79 Å². The minimum Gasteiger partial charge on any atom is -0.289 e. The van der Waals surface area contributed by atoms with Gasteiger partial charge in [0.15, 0.2) is 5.78 Å². The molecule has 0 fully saturated rings. The standard InChI is InChI=1S/C14H12O/c15-14-9-10-5-1-2-6-11(10)12-7-3-4-8-13(12)14/h2-4,6-9,11H,1,5H2. The second-order valence-corrected chi connectivity index (χ2v) is 4.12. The predicted molar refractivity (Wildman–Crippen MR) is 60.0 cm³/mol. The molecule has 3 rings (SSSR count). The Kier molecular flexibility index (Phi) is 1.84. The van der Waals surface area contributed by atoms with Crippen LogP contribution in [0.1, 0.15) is 34.7 Å². The van der Waals surface area contributed by atoms with E-state index in [1.54, 1.807) is 0 Å². The molecular weight excluding hydrogens is 184 g/mol. The summed E-state index contributed by atoms with van der Waals surface area (Å²) in [6, 6.07) is 7.94. The summed E-state index contributed by atoms with van der Waals surface area (Å²) in [4.78, 5) is 11.8. The number of hydrogen-bond acceptors (Lipinski definition) is 1. The summed E-state index contributed by atoms with van der Waals surface area (Å²) < 4.78 is 0. The van der Waals surface area contributed by atoms with Gasteiger partial charge in [0.25, 0.3) is 0 Å². The van der Waals surface area contributed by atoms with Crippen LogP contribution in [0, 0.1) is 0 Å². The first-order valence-electron chi connectivity index (χ1n) is 5.36. The Labute approximate surface area is 89.1 Å². The molecule has 15 heavy (non-hydrogen) atoms. The van der Waals surface area contributed by atoms with Gasteiger partial charge in [0.2, 0.25) is 0 Å². The van der Waals surface area contributed by atoms with Crippen LogP contribution in [0.3, 0.4) is 0 Å². The van der Waals surface area contributed by atoms with Crippen LogP contribution in [-0.4, -0.2) is 5.78 Å². The predicted octanol–water partition coefficient (Wildman–Crippen LogP) is 3.24. The minimum absolute atomic E-state index is 0.173. The Morgan fingerprint density at radius 1 is 1.20 bits per heavy atom. The molecule has 0 radical (unpaired) electrons. The maximum Gasteiger partial charge on any atom is 0.186 e. The van der Waals surface area contributed by atoms with Crippen molar-refractivity contribution in [3.05, 3.63) is 59.2 Å². The molecule has 0 saturated heterocycles. The molecule has 0 saturated carbocycles. The van der Waals surface area contributed by atoms with Crippen molar-refractivity contribution in [1.82, 2.24) is 0 Å². The molecule has 0 aliphatic heterocycles. The highest BCUT2D eigenvalue weighted by atomic mass is 16.1. The summed E-state index contributed by atoms with van der Waals surface area (Å²) in [5, 5.41) is 0. The van der Waals surface area contributed by atoms with E-state index in [-0.39, 0.29) is 5.78 Å². The summed E-state index contributed by atoms with van der Waals surface area (Å²) in [6.45, 7) is 0. The van der Waals surface area contributed by atoms with Crippen molar-refractivity contribution in [1.29, 1.82) is 0 Å². The highest BCUT2D eigenvalue weighted by Crippen LogP contribution is 2.38. The first-order valence-corrected chi connectivity index (χ1v) is 5.36. The topological polar surface area (TPSA) is 17.1 Å². The number of ketones is 1. The first kappa shape index (κ1) is 8.66. The fourth-order valence-electron chi connectivity index (χ4n) is 2.47. The van der Waals surface area contributed by atoms with Crippen molar-refractivity contribution in [2.75, 3.05) is 0 Å². The third-order valence-corrected chi connectivity index (χ3v) is 3.21. The SMILES string of the molecule is O=C1C=C2CCC=CC2c2ccccc21. The first-order chi connectivity index (χ1) is 7.36. The molecule has 74 valence electrons. The van der Waals surface area contributed by atoms with Gasteiger partial charge in [-0.15, -0.1) is 0 Å². The highest BCUT2D eigenvalue weighted by molar-refractivity contribution is 6.07. The van der Waals surface area contributed by atoms with E-state index in [1.165, 1.54) is 11.1 Å². The third kappa shape index (κ3) is 1.27. The van der Waals surface area contributed by atoms with Crippen LogP contribution >= 0.6 is 0 Å². The van der Waals surface area contributed by atoms with Gasteiger partial charge in [-0.05, 0) is 24.5 Å². The molecular formula is C14H12O. The zero-order chi connectivity index (χ0) is 10.3. The van der Waals surface area contributed by atoms with E-state index >= 15 is 0 Å². The second-order valence-electron chi connectivity index (χ2n) is 4.12. The maximum absolute atomic E-state index is 11.8. The van der Waals surface area contributed by atoms with Crippen LogP contribution in [0.15, 0.2) is 48.1 Å². The van der Waals surface area contributed by atoms with Gasteiger partial charge in [-0.2, -0.15) is 0 Å². The van der Waals surface area contributed by atoms with Crippen LogP contribution in [0.4, 0.5) is 0 Å². The fraction of sp³-hybridized carbons (Fsp3) is 0.214. The molecule has 1 heteroatoms. The Hall–Kier alpha value is -1.63. The van der Waals surface area contributed by atoms with Gasteiger partial charge >= 0.3 is 0 Å². The lowest BCUT2D eigenvalue weighted by atomic mass is 9.77. The van der Waals surface area contributed by atoms with Crippen molar-refractivity contribution in [3.8, 4) is 0 Å². The Morgan fingerprint density at radius 3 is 3.00 bits per heavy atom. The highest BCUT2D eigenvalue weighted by Gasteiger charge is 2.26. The van der Waals surface area contributed by atoms with Crippen molar-refractivity contribution in [2.45, 2.75) is 18.8 Å². The Morgan fingerprint density at radius 2 is 2.07 bits per heavy atom. The molecule has 1 aromatic rings. The summed E-state index contributed by atoms with van der Waals surface area (Å²) in [7, 11) is 0. The summed E-state index contributed by atoms with van der Waals surface area (Å²) in [5.74, 6) is 0.528. The van der Waals surface area contributed by atoms with E-state index in [4.69, 9.17) is 0 Å². The van der Waals surface area contributed by atoms with Gasteiger partial charge in [-0.3, -0.25) is 4.79 Å². The van der Waals surface area contributed by atoms with Gasteiger partial charge in [0, 0.05) is 11.5 Å². The third-order valence-electron chi connectivity index (χ3n) is 3.21. The lowest BCUT2D eigenvalue weighted by Crippen LogP contribution is -2.15. The molecule has 0 aromatic heterocycles. The lowest BCUT2D eigenvalue weighted by molar-refractivity contribution is 0.104. The molecule has 0 bridgehead atoms. The number of allylic oxidation sites excluding steroid dienone is 4. The maximum atomic E-state index is 11.8. The summed E-state index contributed by atoms with van der Waals surface area (Å²) >= 11 is 0. The van der Waals surface area contributed by atoms with Crippen molar-refractivity contribution >= 4 is 5.78 Å². The van der Waals surface area contributed by atoms with Crippen LogP contribution in [0.2, 0.25) is 0 Å². The van der Waals surface area contributed by atoms with Gasteiger partial charge in [-0.25, -0.2) is 0 Å². The minimum atomic E-state index is 0.173. The molecule has 0 amide bonds. The molecule has 1 unspecified atom stereocenters. The Bertz CT molecular complexity index is 480. The largest absolute Gasteiger partial charge is 0.289 e. The number of rotatable bonds is 0. The zero-order valence-electron chi connectivity index (χ0n) is 8.44. The number of hydrogen-bond donors (Lipinski definition) is 0. The second kappa shape index (κ2) is 3.20. The molecule has 2 aliphatic carbocycles. The van der Waals surface area contributed by atoms with E-state index < -0.39 is 0 Å². The summed E-state index contributed by atoms with van der Waals surface area (Å²) in [5.41, 5.74) is 3.33. The monoisotopic (exact) mass is 196 g/mol. The molecule has 0 N–H and O–H groups in total. The van der Waals surface area contributed by atoms with Crippen LogP contribution in [-0.2, 0) is 0 Å². The van der Waals surface area contributed by atoms with Gasteiger partial charge in [0.05, 0.1) is 0 Å². The number of carbonyl (C=O) groups excluding carboxylic acids is 1. The van der Waals surface area contributed by atoms with Gasteiger partial charge < -0.3 is 0 Å². The van der Waals surface area contributed by atoms with Crippen molar-refractivity contribution in [2.24, 2.45) is 0 Å². The normalized spacial score (nSPS) is 23.1. The molecule has 1 atom stereocenters. The van der Waals surface area contributed by atoms with Crippen LogP contribution in [0.5, 0.6) is 0 Å². The van der Waals surface area contributed by atoms with E-state index in [0.29, 0.717) is 5.92 Å². The zero-order valence-corrected chi connectivity index (χ0v) is 8.44. The number of fused-ring (bicyclic) bond motifs is 3. The van der Waals surface area contributed by atoms with E-state index in [9.17, 15) is 4.79 Å². The van der Waals surface area contributed by atoms with Crippen LogP contribution < -0.4 is 0 Å². The van der Waals surface area contributed by atoms with E-state index in [2.05, 4.69) is 18.2 Å². The smallest absolute Gasteiger partial charge is 0.186 e. The fourth-order valence-corrected chi connectivity index (χ4v) is 2.47.